The van der Waals surface area contributed by atoms with Crippen LogP contribution in [0.3, 0.4) is 0 Å². The molecule has 0 saturated heterocycles. The molecule has 1 heterocycles. The van der Waals surface area contributed by atoms with E-state index in [1.54, 1.807) is 24.3 Å². The molecule has 0 aliphatic carbocycles. The number of para-hydroxylation sites is 1. The maximum atomic E-state index is 12.1. The maximum absolute atomic E-state index is 12.1. The summed E-state index contributed by atoms with van der Waals surface area (Å²) in [6, 6.07) is 14.7. The minimum atomic E-state index is -0.158. The molecule has 132 valence electrons. The Morgan fingerprint density at radius 3 is 2.54 bits per heavy atom. The number of aromatic nitrogens is 2. The summed E-state index contributed by atoms with van der Waals surface area (Å²) < 4.78 is 0. The number of fused-ring (bicyclic) bond motifs is 1. The van der Waals surface area contributed by atoms with Crippen molar-refractivity contribution in [1.82, 2.24) is 9.97 Å². The zero-order valence-corrected chi connectivity index (χ0v) is 14.3. The molecule has 26 heavy (non-hydrogen) atoms. The van der Waals surface area contributed by atoms with Crippen molar-refractivity contribution in [3.05, 3.63) is 54.9 Å². The first-order chi connectivity index (χ1) is 12.6. The number of nitrogens with one attached hydrogen (secondary N) is 3. The summed E-state index contributed by atoms with van der Waals surface area (Å²) >= 11 is 0. The van der Waals surface area contributed by atoms with Crippen LogP contribution in [0.5, 0.6) is 0 Å². The lowest BCUT2D eigenvalue weighted by atomic mass is 10.2. The second-order valence-corrected chi connectivity index (χ2v) is 5.73. The van der Waals surface area contributed by atoms with Crippen molar-refractivity contribution in [2.75, 3.05) is 22.5 Å². The minimum Gasteiger partial charge on any atom is -0.369 e. The molecule has 7 nitrogen and oxygen atoms in total. The van der Waals surface area contributed by atoms with E-state index in [-0.39, 0.29) is 18.2 Å². The van der Waals surface area contributed by atoms with E-state index in [4.69, 9.17) is 0 Å². The van der Waals surface area contributed by atoms with Gasteiger partial charge in [-0.2, -0.15) is 0 Å². The summed E-state index contributed by atoms with van der Waals surface area (Å²) in [4.78, 5) is 31.7. The Bertz CT molecular complexity index is 937. The predicted octanol–water partition coefficient (Wildman–Crippen LogP) is 3.03. The van der Waals surface area contributed by atoms with Crippen molar-refractivity contribution in [2.24, 2.45) is 0 Å². The predicted molar refractivity (Wildman–Crippen MR) is 102 cm³/mol. The molecule has 0 aliphatic rings. The van der Waals surface area contributed by atoms with Gasteiger partial charge in [0, 0.05) is 36.7 Å². The van der Waals surface area contributed by atoms with E-state index in [2.05, 4.69) is 25.9 Å². The monoisotopic (exact) mass is 349 g/mol. The van der Waals surface area contributed by atoms with Gasteiger partial charge in [-0.1, -0.05) is 18.2 Å². The molecule has 2 aromatic carbocycles. The van der Waals surface area contributed by atoms with Crippen LogP contribution >= 0.6 is 0 Å². The number of benzene rings is 2. The lowest BCUT2D eigenvalue weighted by Gasteiger charge is -2.10. The lowest BCUT2D eigenvalue weighted by Crippen LogP contribution is -2.17. The molecule has 3 aromatic rings. The van der Waals surface area contributed by atoms with Crippen LogP contribution in [0, 0.1) is 0 Å². The molecule has 3 N–H and O–H groups in total. The van der Waals surface area contributed by atoms with Crippen molar-refractivity contribution in [3.63, 3.8) is 0 Å². The summed E-state index contributed by atoms with van der Waals surface area (Å²) in [6.07, 6.45) is 1.78. The highest BCUT2D eigenvalue weighted by atomic mass is 16.2. The number of amides is 2. The standard InChI is InChI=1S/C19H19N5O2/c1-13(25)23-14-5-4-6-15(11-14)24-18(26)9-10-20-19-16-7-2-3-8-17(16)21-12-22-19/h2-8,11-12H,9-10H2,1H3,(H,23,25)(H,24,26)(H,20,21,22). The third kappa shape index (κ3) is 4.54. The van der Waals surface area contributed by atoms with Crippen molar-refractivity contribution < 1.29 is 9.59 Å². The average Bonchev–Trinajstić information content (AvgIpc) is 2.61. The summed E-state index contributed by atoms with van der Waals surface area (Å²) in [6.45, 7) is 1.88. The Hall–Kier alpha value is -3.48. The second-order valence-electron chi connectivity index (χ2n) is 5.73. The zero-order chi connectivity index (χ0) is 18.4. The van der Waals surface area contributed by atoms with E-state index >= 15 is 0 Å². The van der Waals surface area contributed by atoms with Gasteiger partial charge < -0.3 is 16.0 Å². The quantitative estimate of drug-likeness (QED) is 0.636. The summed E-state index contributed by atoms with van der Waals surface area (Å²) in [5, 5.41) is 9.59. The van der Waals surface area contributed by atoms with Gasteiger partial charge in [0.05, 0.1) is 5.52 Å². The van der Waals surface area contributed by atoms with Gasteiger partial charge in [0.15, 0.2) is 0 Å². The Balaban J connectivity index is 1.55. The van der Waals surface area contributed by atoms with Crippen LogP contribution in [0.25, 0.3) is 10.9 Å². The van der Waals surface area contributed by atoms with Gasteiger partial charge >= 0.3 is 0 Å². The summed E-state index contributed by atoms with van der Waals surface area (Å²) in [5.74, 6) is 0.418. The van der Waals surface area contributed by atoms with E-state index < -0.39 is 0 Å². The number of rotatable bonds is 6. The topological polar surface area (TPSA) is 96.0 Å². The zero-order valence-electron chi connectivity index (χ0n) is 14.3. The Kier molecular flexibility index (Phi) is 5.38. The van der Waals surface area contributed by atoms with Crippen LogP contribution in [0.4, 0.5) is 17.2 Å². The van der Waals surface area contributed by atoms with Gasteiger partial charge in [-0.3, -0.25) is 9.59 Å². The molecule has 0 unspecified atom stereocenters. The molecule has 0 spiro atoms. The van der Waals surface area contributed by atoms with E-state index in [9.17, 15) is 9.59 Å². The highest BCUT2D eigenvalue weighted by Gasteiger charge is 2.06. The number of carbonyl (C=O) groups excluding carboxylic acids is 2. The fourth-order valence-electron chi connectivity index (χ4n) is 2.54. The molecule has 0 fully saturated rings. The Morgan fingerprint density at radius 2 is 1.73 bits per heavy atom. The van der Waals surface area contributed by atoms with Crippen molar-refractivity contribution >= 4 is 39.9 Å². The van der Waals surface area contributed by atoms with E-state index in [0.717, 1.165) is 10.9 Å². The Labute approximate surface area is 150 Å². The fraction of sp³-hybridized carbons (Fsp3) is 0.158. The highest BCUT2D eigenvalue weighted by molar-refractivity contribution is 5.94. The molecule has 7 heteroatoms. The summed E-state index contributed by atoms with van der Waals surface area (Å²) in [5.41, 5.74) is 2.12. The second kappa shape index (κ2) is 8.06. The number of hydrogen-bond donors (Lipinski definition) is 3. The smallest absolute Gasteiger partial charge is 0.226 e. The SMILES string of the molecule is CC(=O)Nc1cccc(NC(=O)CCNc2ncnc3ccccc23)c1. The number of nitrogens with zero attached hydrogens (tertiary/aromatic N) is 2. The van der Waals surface area contributed by atoms with Gasteiger partial charge in [-0.05, 0) is 30.3 Å². The Morgan fingerprint density at radius 1 is 0.962 bits per heavy atom. The number of carbonyl (C=O) groups is 2. The van der Waals surface area contributed by atoms with Crippen molar-refractivity contribution in [3.8, 4) is 0 Å². The number of hydrogen-bond acceptors (Lipinski definition) is 5. The van der Waals surface area contributed by atoms with Gasteiger partial charge in [-0.15, -0.1) is 0 Å². The third-order valence-corrected chi connectivity index (χ3v) is 3.65. The van der Waals surface area contributed by atoms with Crippen molar-refractivity contribution in [2.45, 2.75) is 13.3 Å². The van der Waals surface area contributed by atoms with Crippen LogP contribution < -0.4 is 16.0 Å². The van der Waals surface area contributed by atoms with Crippen LogP contribution in [0.1, 0.15) is 13.3 Å². The first-order valence-corrected chi connectivity index (χ1v) is 8.23. The van der Waals surface area contributed by atoms with E-state index in [0.29, 0.717) is 23.7 Å². The molecule has 0 aliphatic heterocycles. The third-order valence-electron chi connectivity index (χ3n) is 3.65. The van der Waals surface area contributed by atoms with Crippen LogP contribution in [0.15, 0.2) is 54.9 Å². The molecule has 0 saturated carbocycles. The van der Waals surface area contributed by atoms with Gasteiger partial charge in [0.1, 0.15) is 12.1 Å². The lowest BCUT2D eigenvalue weighted by molar-refractivity contribution is -0.116. The first-order valence-electron chi connectivity index (χ1n) is 8.23. The van der Waals surface area contributed by atoms with Gasteiger partial charge in [0.2, 0.25) is 11.8 Å². The molecule has 0 bridgehead atoms. The molecular weight excluding hydrogens is 330 g/mol. The normalized spacial score (nSPS) is 10.3. The maximum Gasteiger partial charge on any atom is 0.226 e. The first kappa shape index (κ1) is 17.3. The van der Waals surface area contributed by atoms with Gasteiger partial charge in [0.25, 0.3) is 0 Å². The molecular formula is C19H19N5O2. The molecule has 0 radical (unpaired) electrons. The largest absolute Gasteiger partial charge is 0.369 e. The van der Waals surface area contributed by atoms with Crippen molar-refractivity contribution in [1.29, 1.82) is 0 Å². The molecule has 1 aromatic heterocycles. The molecule has 0 atom stereocenters. The highest BCUT2D eigenvalue weighted by Crippen LogP contribution is 2.18. The fourth-order valence-corrected chi connectivity index (χ4v) is 2.54. The van der Waals surface area contributed by atoms with E-state index in [1.807, 2.05) is 24.3 Å². The van der Waals surface area contributed by atoms with Gasteiger partial charge in [-0.25, -0.2) is 9.97 Å². The summed E-state index contributed by atoms with van der Waals surface area (Å²) in [7, 11) is 0. The van der Waals surface area contributed by atoms with Crippen LogP contribution in [0.2, 0.25) is 0 Å². The van der Waals surface area contributed by atoms with Crippen LogP contribution in [-0.4, -0.2) is 28.3 Å². The van der Waals surface area contributed by atoms with Crippen LogP contribution in [-0.2, 0) is 9.59 Å². The number of anilines is 3. The minimum absolute atomic E-state index is 0.129. The van der Waals surface area contributed by atoms with E-state index in [1.165, 1.54) is 13.3 Å². The molecule has 3 rings (SSSR count). The average molecular weight is 349 g/mol. The molecule has 2 amide bonds.